The molecule has 0 spiro atoms. The summed E-state index contributed by atoms with van der Waals surface area (Å²) in [5.41, 5.74) is 1.40. The number of benzene rings is 1. The van der Waals surface area contributed by atoms with E-state index in [1.165, 1.54) is 5.56 Å². The van der Waals surface area contributed by atoms with Crippen LogP contribution in [-0.4, -0.2) is 12.1 Å². The Kier molecular flexibility index (Phi) is 6.43. The van der Waals surface area contributed by atoms with Gasteiger partial charge in [0.1, 0.15) is 0 Å². The summed E-state index contributed by atoms with van der Waals surface area (Å²) in [4.78, 5) is 0. The molecule has 0 saturated carbocycles. The second-order valence-corrected chi connectivity index (χ2v) is 4.60. The average Bonchev–Trinajstić information content (AvgIpc) is 2.37. The predicted molar refractivity (Wildman–Crippen MR) is 74.9 cm³/mol. The smallest absolute Gasteiger partial charge is 0.0688 e. The van der Waals surface area contributed by atoms with E-state index in [0.29, 0.717) is 6.04 Å². The van der Waals surface area contributed by atoms with Crippen LogP contribution in [0.2, 0.25) is 0 Å². The van der Waals surface area contributed by atoms with Gasteiger partial charge in [0.2, 0.25) is 0 Å². The predicted octanol–water partition coefficient (Wildman–Crippen LogP) is 3.40. The number of rotatable bonds is 7. The van der Waals surface area contributed by atoms with Crippen LogP contribution in [0.3, 0.4) is 0 Å². The van der Waals surface area contributed by atoms with Crippen LogP contribution in [0.25, 0.3) is 0 Å². The summed E-state index contributed by atoms with van der Waals surface area (Å²) in [6.45, 7) is 4.38. The molecule has 0 aliphatic heterocycles. The molecule has 1 aromatic rings. The lowest BCUT2D eigenvalue weighted by Crippen LogP contribution is -2.35. The van der Waals surface area contributed by atoms with Crippen molar-refractivity contribution in [2.24, 2.45) is 0 Å². The summed E-state index contributed by atoms with van der Waals surface area (Å²) >= 11 is 0. The van der Waals surface area contributed by atoms with Gasteiger partial charge in [0.25, 0.3) is 0 Å². The number of terminal acetylenes is 1. The molecule has 0 aliphatic rings. The third kappa shape index (κ3) is 5.56. The minimum absolute atomic E-state index is 0.228. The van der Waals surface area contributed by atoms with Crippen molar-refractivity contribution in [2.75, 3.05) is 0 Å². The maximum atomic E-state index is 5.50. The molecule has 0 aliphatic carbocycles. The van der Waals surface area contributed by atoms with Gasteiger partial charge in [-0.1, -0.05) is 49.6 Å². The molecule has 2 atom stereocenters. The fourth-order valence-electron chi connectivity index (χ4n) is 1.96. The molecular formula is C16H23N. The minimum atomic E-state index is 0.228. The number of nitrogens with one attached hydrogen (secondary N) is 1. The largest absolute Gasteiger partial charge is 0.301 e. The molecule has 2 unspecified atom stereocenters. The van der Waals surface area contributed by atoms with Crippen LogP contribution in [0.4, 0.5) is 0 Å². The van der Waals surface area contributed by atoms with Gasteiger partial charge in [0.05, 0.1) is 6.04 Å². The van der Waals surface area contributed by atoms with Crippen molar-refractivity contribution >= 4 is 0 Å². The highest BCUT2D eigenvalue weighted by Crippen LogP contribution is 2.06. The van der Waals surface area contributed by atoms with E-state index in [9.17, 15) is 0 Å². The van der Waals surface area contributed by atoms with E-state index in [4.69, 9.17) is 6.42 Å². The van der Waals surface area contributed by atoms with Crippen molar-refractivity contribution < 1.29 is 0 Å². The van der Waals surface area contributed by atoms with E-state index in [-0.39, 0.29) is 6.04 Å². The van der Waals surface area contributed by atoms with E-state index >= 15 is 0 Å². The Morgan fingerprint density at radius 3 is 2.53 bits per heavy atom. The summed E-state index contributed by atoms with van der Waals surface area (Å²) < 4.78 is 0. The highest BCUT2D eigenvalue weighted by Gasteiger charge is 2.08. The summed E-state index contributed by atoms with van der Waals surface area (Å²) in [5.74, 6) is 2.82. The van der Waals surface area contributed by atoms with E-state index in [1.807, 2.05) is 0 Å². The second-order valence-electron chi connectivity index (χ2n) is 4.60. The first-order chi connectivity index (χ1) is 8.26. The molecule has 1 nitrogen and oxygen atoms in total. The Balaban J connectivity index is 2.30. The summed E-state index contributed by atoms with van der Waals surface area (Å²) in [5, 5.41) is 3.50. The molecule has 17 heavy (non-hydrogen) atoms. The maximum absolute atomic E-state index is 5.50. The van der Waals surface area contributed by atoms with Crippen LogP contribution in [0.5, 0.6) is 0 Å². The molecule has 1 aromatic carbocycles. The van der Waals surface area contributed by atoms with Crippen LogP contribution in [0.1, 0.15) is 38.7 Å². The lowest BCUT2D eigenvalue weighted by molar-refractivity contribution is 0.459. The molecular weight excluding hydrogens is 206 g/mol. The average molecular weight is 229 g/mol. The van der Waals surface area contributed by atoms with Gasteiger partial charge in [-0.15, -0.1) is 6.42 Å². The van der Waals surface area contributed by atoms with Crippen LogP contribution in [0, 0.1) is 12.3 Å². The van der Waals surface area contributed by atoms with E-state index in [1.54, 1.807) is 0 Å². The number of hydrogen-bond acceptors (Lipinski definition) is 1. The Morgan fingerprint density at radius 1 is 1.24 bits per heavy atom. The molecule has 0 fully saturated rings. The van der Waals surface area contributed by atoms with Gasteiger partial charge >= 0.3 is 0 Å². The van der Waals surface area contributed by atoms with Gasteiger partial charge in [-0.2, -0.15) is 0 Å². The summed E-state index contributed by atoms with van der Waals surface area (Å²) in [6, 6.07) is 11.3. The molecule has 0 heterocycles. The molecule has 1 N–H and O–H groups in total. The van der Waals surface area contributed by atoms with Crippen molar-refractivity contribution in [3.8, 4) is 12.3 Å². The number of hydrogen-bond donors (Lipinski definition) is 1. The Morgan fingerprint density at radius 2 is 1.94 bits per heavy atom. The van der Waals surface area contributed by atoms with Gasteiger partial charge in [0.15, 0.2) is 0 Å². The zero-order valence-electron chi connectivity index (χ0n) is 10.9. The lowest BCUT2D eigenvalue weighted by Gasteiger charge is -2.18. The fraction of sp³-hybridized carbons (Fsp3) is 0.500. The van der Waals surface area contributed by atoms with Crippen molar-refractivity contribution in [1.29, 1.82) is 0 Å². The Hall–Kier alpha value is -1.26. The molecule has 0 radical (unpaired) electrons. The first-order valence-corrected chi connectivity index (χ1v) is 6.52. The van der Waals surface area contributed by atoms with Gasteiger partial charge in [-0.25, -0.2) is 0 Å². The molecule has 0 bridgehead atoms. The summed E-state index contributed by atoms with van der Waals surface area (Å²) in [6.07, 6.45) is 9.94. The Bertz CT molecular complexity index is 336. The lowest BCUT2D eigenvalue weighted by atomic mass is 10.0. The van der Waals surface area contributed by atoms with E-state index < -0.39 is 0 Å². The van der Waals surface area contributed by atoms with Gasteiger partial charge in [-0.05, 0) is 31.7 Å². The van der Waals surface area contributed by atoms with E-state index in [0.717, 1.165) is 25.7 Å². The monoisotopic (exact) mass is 229 g/mol. The molecule has 1 rings (SSSR count). The first kappa shape index (κ1) is 13.8. The molecule has 0 saturated heterocycles. The maximum Gasteiger partial charge on any atom is 0.0688 e. The van der Waals surface area contributed by atoms with Gasteiger partial charge in [-0.3, -0.25) is 0 Å². The van der Waals surface area contributed by atoms with E-state index in [2.05, 4.69) is 55.4 Å². The van der Waals surface area contributed by atoms with Crippen molar-refractivity contribution in [2.45, 2.75) is 51.6 Å². The third-order valence-corrected chi connectivity index (χ3v) is 2.97. The fourth-order valence-corrected chi connectivity index (χ4v) is 1.96. The topological polar surface area (TPSA) is 12.0 Å². The van der Waals surface area contributed by atoms with Crippen LogP contribution in [0.15, 0.2) is 30.3 Å². The Labute approximate surface area is 106 Å². The normalized spacial score (nSPS) is 13.9. The molecule has 0 aromatic heterocycles. The van der Waals surface area contributed by atoms with Crippen LogP contribution < -0.4 is 5.32 Å². The van der Waals surface area contributed by atoms with Gasteiger partial charge in [0, 0.05) is 6.04 Å². The van der Waals surface area contributed by atoms with Crippen molar-refractivity contribution in [1.82, 2.24) is 5.32 Å². The van der Waals surface area contributed by atoms with Crippen LogP contribution in [-0.2, 0) is 6.42 Å². The van der Waals surface area contributed by atoms with Crippen LogP contribution >= 0.6 is 0 Å². The first-order valence-electron chi connectivity index (χ1n) is 6.52. The highest BCUT2D eigenvalue weighted by atomic mass is 14.9. The zero-order chi connectivity index (χ0) is 12.5. The molecule has 1 heteroatoms. The highest BCUT2D eigenvalue weighted by molar-refractivity contribution is 5.14. The minimum Gasteiger partial charge on any atom is -0.301 e. The molecule has 0 amide bonds. The van der Waals surface area contributed by atoms with Crippen molar-refractivity contribution in [3.05, 3.63) is 35.9 Å². The quantitative estimate of drug-likeness (QED) is 0.707. The summed E-state index contributed by atoms with van der Waals surface area (Å²) in [7, 11) is 0. The SMILES string of the molecule is C#CC(CCC)NC(C)CCc1ccccc1. The molecule has 92 valence electrons. The third-order valence-electron chi connectivity index (χ3n) is 2.97. The van der Waals surface area contributed by atoms with Crippen molar-refractivity contribution in [3.63, 3.8) is 0 Å². The number of aryl methyl sites for hydroxylation is 1. The standard InChI is InChI=1S/C16H23N/c1-4-9-16(5-2)17-14(3)12-13-15-10-7-6-8-11-15/h2,6-8,10-11,14,16-17H,4,9,12-13H2,1,3H3. The second kappa shape index (κ2) is 7.92. The zero-order valence-corrected chi connectivity index (χ0v) is 10.9. The van der Waals surface area contributed by atoms with Gasteiger partial charge < -0.3 is 5.32 Å².